The van der Waals surface area contributed by atoms with Gasteiger partial charge in [-0.1, -0.05) is 23.7 Å². The number of rotatable bonds is 1. The molecule has 1 amide bonds. The maximum atomic E-state index is 12.7. The van der Waals surface area contributed by atoms with Crippen LogP contribution in [0.25, 0.3) is 11.0 Å². The molecule has 2 N–H and O–H groups in total. The third-order valence-electron chi connectivity index (χ3n) is 3.82. The van der Waals surface area contributed by atoms with Crippen LogP contribution in [0.5, 0.6) is 0 Å². The Labute approximate surface area is 135 Å². The van der Waals surface area contributed by atoms with Crippen LogP contribution >= 0.6 is 11.6 Å². The molecule has 3 aromatic rings. The van der Waals surface area contributed by atoms with E-state index in [-0.39, 0.29) is 11.3 Å². The van der Waals surface area contributed by atoms with Gasteiger partial charge in [-0.15, -0.1) is 0 Å². The number of para-hydroxylation sites is 1. The van der Waals surface area contributed by atoms with Crippen LogP contribution in [0.2, 0.25) is 5.02 Å². The molecule has 1 aromatic heterocycles. The standard InChI is InChI=1S/C17H11ClN2O3/c18-9-5-6-14-11(7-9)15(21)12(8-23-14)16-19-13-4-2-1-3-10(13)17(22)20-16/h1-8,16,19H,(H,20,22)/t16-/m1/s1. The van der Waals surface area contributed by atoms with E-state index < -0.39 is 6.17 Å². The van der Waals surface area contributed by atoms with Crippen molar-refractivity contribution in [3.8, 4) is 0 Å². The monoisotopic (exact) mass is 326 g/mol. The third-order valence-corrected chi connectivity index (χ3v) is 4.05. The lowest BCUT2D eigenvalue weighted by molar-refractivity contribution is 0.0935. The van der Waals surface area contributed by atoms with Crippen LogP contribution in [0.1, 0.15) is 22.1 Å². The highest BCUT2D eigenvalue weighted by molar-refractivity contribution is 6.31. The second-order valence-electron chi connectivity index (χ2n) is 5.26. The second kappa shape index (κ2) is 5.14. The van der Waals surface area contributed by atoms with Crippen LogP contribution in [0.3, 0.4) is 0 Å². The van der Waals surface area contributed by atoms with E-state index in [1.807, 2.05) is 6.07 Å². The lowest BCUT2D eigenvalue weighted by Crippen LogP contribution is -2.40. The number of benzene rings is 2. The average molecular weight is 327 g/mol. The molecule has 0 bridgehead atoms. The fourth-order valence-electron chi connectivity index (χ4n) is 2.68. The van der Waals surface area contributed by atoms with Crippen LogP contribution in [0.15, 0.2) is 57.9 Å². The van der Waals surface area contributed by atoms with Gasteiger partial charge in [-0.25, -0.2) is 0 Å². The molecule has 114 valence electrons. The molecule has 5 nitrogen and oxygen atoms in total. The second-order valence-corrected chi connectivity index (χ2v) is 5.69. The number of carbonyl (C=O) groups is 1. The van der Waals surface area contributed by atoms with Crippen molar-refractivity contribution in [2.75, 3.05) is 5.32 Å². The Morgan fingerprint density at radius 1 is 1.04 bits per heavy atom. The maximum absolute atomic E-state index is 12.7. The van der Waals surface area contributed by atoms with Crippen LogP contribution in [0, 0.1) is 0 Å². The molecule has 4 rings (SSSR count). The first-order chi connectivity index (χ1) is 11.1. The highest BCUT2D eigenvalue weighted by Crippen LogP contribution is 2.26. The molecule has 0 radical (unpaired) electrons. The highest BCUT2D eigenvalue weighted by Gasteiger charge is 2.26. The van der Waals surface area contributed by atoms with E-state index in [1.165, 1.54) is 6.26 Å². The smallest absolute Gasteiger partial charge is 0.255 e. The average Bonchev–Trinajstić information content (AvgIpc) is 2.56. The number of fused-ring (bicyclic) bond motifs is 2. The van der Waals surface area contributed by atoms with Crippen molar-refractivity contribution >= 4 is 34.2 Å². The van der Waals surface area contributed by atoms with Crippen molar-refractivity contribution in [1.29, 1.82) is 0 Å². The van der Waals surface area contributed by atoms with Gasteiger partial charge in [0.2, 0.25) is 0 Å². The predicted molar refractivity (Wildman–Crippen MR) is 87.8 cm³/mol. The fraction of sp³-hybridized carbons (Fsp3) is 0.0588. The van der Waals surface area contributed by atoms with E-state index in [4.69, 9.17) is 16.0 Å². The summed E-state index contributed by atoms with van der Waals surface area (Å²) in [5.74, 6) is -0.241. The summed E-state index contributed by atoms with van der Waals surface area (Å²) in [6, 6.07) is 12.0. The molecular formula is C17H11ClN2O3. The van der Waals surface area contributed by atoms with Gasteiger partial charge >= 0.3 is 0 Å². The van der Waals surface area contributed by atoms with Crippen LogP contribution in [0.4, 0.5) is 5.69 Å². The Hall–Kier alpha value is -2.79. The van der Waals surface area contributed by atoms with Gasteiger partial charge in [0, 0.05) is 10.7 Å². The van der Waals surface area contributed by atoms with Crippen molar-refractivity contribution in [2.24, 2.45) is 0 Å². The molecule has 0 spiro atoms. The summed E-state index contributed by atoms with van der Waals surface area (Å²) in [5, 5.41) is 6.74. The number of hydrogen-bond acceptors (Lipinski definition) is 4. The van der Waals surface area contributed by atoms with Gasteiger partial charge in [-0.05, 0) is 30.3 Å². The lowest BCUT2D eigenvalue weighted by atomic mass is 10.1. The molecule has 0 saturated heterocycles. The van der Waals surface area contributed by atoms with E-state index >= 15 is 0 Å². The molecule has 2 heterocycles. The van der Waals surface area contributed by atoms with Crippen LogP contribution in [-0.4, -0.2) is 5.91 Å². The van der Waals surface area contributed by atoms with Gasteiger partial charge in [-0.2, -0.15) is 0 Å². The zero-order chi connectivity index (χ0) is 16.0. The van der Waals surface area contributed by atoms with Crippen LogP contribution < -0.4 is 16.1 Å². The predicted octanol–water partition coefficient (Wildman–Crippen LogP) is 3.30. The minimum absolute atomic E-state index is 0.231. The molecule has 0 fully saturated rings. The Kier molecular flexibility index (Phi) is 3.09. The van der Waals surface area contributed by atoms with Crippen molar-refractivity contribution in [2.45, 2.75) is 6.17 Å². The molecule has 0 unspecified atom stereocenters. The number of nitrogens with one attached hydrogen (secondary N) is 2. The quantitative estimate of drug-likeness (QED) is 0.719. The molecule has 2 aromatic carbocycles. The van der Waals surface area contributed by atoms with Gasteiger partial charge < -0.3 is 15.1 Å². The zero-order valence-electron chi connectivity index (χ0n) is 11.8. The summed E-state index contributed by atoms with van der Waals surface area (Å²) in [7, 11) is 0. The molecular weight excluding hydrogens is 316 g/mol. The minimum atomic E-state index is -0.656. The number of amides is 1. The number of halogens is 1. The molecule has 1 aliphatic heterocycles. The summed E-state index contributed by atoms with van der Waals surface area (Å²) >= 11 is 5.95. The SMILES string of the molecule is O=C1N[C@H](c2coc3ccc(Cl)cc3c2=O)Nc2ccccc21. The van der Waals surface area contributed by atoms with Gasteiger partial charge in [0.15, 0.2) is 5.43 Å². The van der Waals surface area contributed by atoms with E-state index in [9.17, 15) is 9.59 Å². The number of carbonyl (C=O) groups excluding carboxylic acids is 1. The first kappa shape index (κ1) is 13.8. The van der Waals surface area contributed by atoms with Gasteiger partial charge in [0.05, 0.1) is 16.5 Å². The molecule has 1 aliphatic rings. The minimum Gasteiger partial charge on any atom is -0.464 e. The largest absolute Gasteiger partial charge is 0.464 e. The summed E-state index contributed by atoms with van der Waals surface area (Å²) in [5.41, 5.74) is 1.75. The van der Waals surface area contributed by atoms with Crippen molar-refractivity contribution in [1.82, 2.24) is 5.32 Å². The van der Waals surface area contributed by atoms with Gasteiger partial charge in [0.1, 0.15) is 18.0 Å². The van der Waals surface area contributed by atoms with Crippen LogP contribution in [-0.2, 0) is 0 Å². The van der Waals surface area contributed by atoms with Crippen molar-refractivity contribution in [3.05, 3.63) is 75.1 Å². The first-order valence-electron chi connectivity index (χ1n) is 7.01. The zero-order valence-corrected chi connectivity index (χ0v) is 12.6. The maximum Gasteiger partial charge on any atom is 0.255 e. The van der Waals surface area contributed by atoms with Crippen molar-refractivity contribution in [3.63, 3.8) is 0 Å². The Morgan fingerprint density at radius 2 is 1.87 bits per heavy atom. The van der Waals surface area contributed by atoms with Crippen molar-refractivity contribution < 1.29 is 9.21 Å². The fourth-order valence-corrected chi connectivity index (χ4v) is 2.85. The summed E-state index contributed by atoms with van der Waals surface area (Å²) in [6.07, 6.45) is 0.710. The first-order valence-corrected chi connectivity index (χ1v) is 7.39. The Bertz CT molecular complexity index is 997. The number of hydrogen-bond donors (Lipinski definition) is 2. The molecule has 23 heavy (non-hydrogen) atoms. The number of anilines is 1. The summed E-state index contributed by atoms with van der Waals surface area (Å²) < 4.78 is 5.51. The molecule has 1 atom stereocenters. The molecule has 0 aliphatic carbocycles. The topological polar surface area (TPSA) is 71.3 Å². The van der Waals surface area contributed by atoms with E-state index in [1.54, 1.807) is 36.4 Å². The summed E-state index contributed by atoms with van der Waals surface area (Å²) in [4.78, 5) is 24.9. The molecule has 6 heteroatoms. The highest BCUT2D eigenvalue weighted by atomic mass is 35.5. The summed E-state index contributed by atoms with van der Waals surface area (Å²) in [6.45, 7) is 0. The van der Waals surface area contributed by atoms with Gasteiger partial charge in [0.25, 0.3) is 5.91 Å². The van der Waals surface area contributed by atoms with E-state index in [0.717, 1.165) is 0 Å². The van der Waals surface area contributed by atoms with Gasteiger partial charge in [-0.3, -0.25) is 9.59 Å². The third kappa shape index (κ3) is 2.26. The Balaban J connectivity index is 1.83. The normalized spacial score (nSPS) is 16.6. The lowest BCUT2D eigenvalue weighted by Gasteiger charge is -2.27. The molecule has 0 saturated carbocycles. The van der Waals surface area contributed by atoms with E-state index in [0.29, 0.717) is 32.8 Å². The van der Waals surface area contributed by atoms with E-state index in [2.05, 4.69) is 10.6 Å². The Morgan fingerprint density at radius 3 is 2.74 bits per heavy atom.